The highest BCUT2D eigenvalue weighted by Crippen LogP contribution is 2.43. The molecule has 82 valence electrons. The lowest BCUT2D eigenvalue weighted by atomic mass is 10.00. The van der Waals surface area contributed by atoms with Crippen molar-refractivity contribution in [1.29, 1.82) is 0 Å². The quantitative estimate of drug-likeness (QED) is 0.837. The smallest absolute Gasteiger partial charge is 0.214 e. The third-order valence-electron chi connectivity index (χ3n) is 3.38. The van der Waals surface area contributed by atoms with Crippen LogP contribution in [0.3, 0.4) is 0 Å². The number of hydrogen-bond donors (Lipinski definition) is 1. The van der Waals surface area contributed by atoms with Gasteiger partial charge in [0.15, 0.2) is 0 Å². The number of thioether (sulfide) groups is 1. The SMILES string of the molecule is NC1(c2nc(C3CCSCC3)co2)CC1. The topological polar surface area (TPSA) is 52.0 Å². The van der Waals surface area contributed by atoms with Gasteiger partial charge in [0.05, 0.1) is 11.2 Å². The van der Waals surface area contributed by atoms with Crippen LogP contribution >= 0.6 is 11.8 Å². The molecule has 0 amide bonds. The Bertz CT molecular complexity index is 353. The van der Waals surface area contributed by atoms with Crippen molar-refractivity contribution in [1.82, 2.24) is 4.98 Å². The molecular weight excluding hydrogens is 208 g/mol. The van der Waals surface area contributed by atoms with Gasteiger partial charge in [0, 0.05) is 5.92 Å². The lowest BCUT2D eigenvalue weighted by Crippen LogP contribution is -2.19. The van der Waals surface area contributed by atoms with Crippen LogP contribution in [0.4, 0.5) is 0 Å². The lowest BCUT2D eigenvalue weighted by molar-refractivity contribution is 0.440. The van der Waals surface area contributed by atoms with Gasteiger partial charge in [-0.15, -0.1) is 0 Å². The zero-order chi connectivity index (χ0) is 10.3. The van der Waals surface area contributed by atoms with Crippen LogP contribution < -0.4 is 5.73 Å². The highest BCUT2D eigenvalue weighted by Gasteiger charge is 2.45. The maximum atomic E-state index is 6.05. The van der Waals surface area contributed by atoms with Crippen molar-refractivity contribution < 1.29 is 4.42 Å². The molecule has 3 rings (SSSR count). The number of nitrogens with zero attached hydrogens (tertiary/aromatic N) is 1. The zero-order valence-electron chi connectivity index (χ0n) is 8.74. The minimum absolute atomic E-state index is 0.221. The highest BCUT2D eigenvalue weighted by atomic mass is 32.2. The van der Waals surface area contributed by atoms with Gasteiger partial charge in [-0.25, -0.2) is 4.98 Å². The van der Waals surface area contributed by atoms with Crippen molar-refractivity contribution in [3.63, 3.8) is 0 Å². The van der Waals surface area contributed by atoms with E-state index in [1.165, 1.54) is 24.3 Å². The van der Waals surface area contributed by atoms with E-state index in [9.17, 15) is 0 Å². The molecule has 1 aliphatic carbocycles. The van der Waals surface area contributed by atoms with Gasteiger partial charge in [-0.2, -0.15) is 11.8 Å². The number of aromatic nitrogens is 1. The van der Waals surface area contributed by atoms with Crippen molar-refractivity contribution >= 4 is 11.8 Å². The summed E-state index contributed by atoms with van der Waals surface area (Å²) >= 11 is 2.03. The molecule has 0 radical (unpaired) electrons. The molecule has 2 N–H and O–H groups in total. The normalized spacial score (nSPS) is 25.4. The lowest BCUT2D eigenvalue weighted by Gasteiger charge is -2.18. The largest absolute Gasteiger partial charge is 0.447 e. The summed E-state index contributed by atoms with van der Waals surface area (Å²) in [5.74, 6) is 3.86. The average Bonchev–Trinajstić information content (AvgIpc) is 2.85. The van der Waals surface area contributed by atoms with Gasteiger partial charge in [0.2, 0.25) is 5.89 Å². The fraction of sp³-hybridized carbons (Fsp3) is 0.727. The first-order valence-electron chi connectivity index (χ1n) is 5.60. The second-order valence-corrected chi connectivity index (χ2v) is 5.85. The van der Waals surface area contributed by atoms with E-state index in [2.05, 4.69) is 4.98 Å². The molecule has 1 aromatic heterocycles. The minimum Gasteiger partial charge on any atom is -0.447 e. The van der Waals surface area contributed by atoms with Gasteiger partial charge in [0.1, 0.15) is 6.26 Å². The standard InChI is InChI=1S/C11H16N2OS/c12-11(3-4-11)10-13-9(7-14-10)8-1-5-15-6-2-8/h7-8H,1-6,12H2. The summed E-state index contributed by atoms with van der Waals surface area (Å²) in [4.78, 5) is 4.57. The number of oxazole rings is 1. The van der Waals surface area contributed by atoms with E-state index in [1.807, 2.05) is 18.0 Å². The van der Waals surface area contributed by atoms with Crippen molar-refractivity contribution in [2.24, 2.45) is 5.73 Å². The van der Waals surface area contributed by atoms with Crippen LogP contribution in [0, 0.1) is 0 Å². The Morgan fingerprint density at radius 2 is 2.13 bits per heavy atom. The van der Waals surface area contributed by atoms with Gasteiger partial charge in [-0.05, 0) is 37.2 Å². The first kappa shape index (κ1) is 9.73. The van der Waals surface area contributed by atoms with Crippen molar-refractivity contribution in [3.05, 3.63) is 17.8 Å². The van der Waals surface area contributed by atoms with Gasteiger partial charge in [0.25, 0.3) is 0 Å². The van der Waals surface area contributed by atoms with Gasteiger partial charge < -0.3 is 10.2 Å². The molecule has 4 heteroatoms. The van der Waals surface area contributed by atoms with Gasteiger partial charge in [-0.3, -0.25) is 0 Å². The molecule has 2 aliphatic rings. The Morgan fingerprint density at radius 3 is 2.80 bits per heavy atom. The average molecular weight is 224 g/mol. The summed E-state index contributed by atoms with van der Waals surface area (Å²) in [6.45, 7) is 0. The molecule has 0 atom stereocenters. The van der Waals surface area contributed by atoms with Gasteiger partial charge in [-0.1, -0.05) is 0 Å². The molecule has 15 heavy (non-hydrogen) atoms. The fourth-order valence-corrected chi connectivity index (χ4v) is 3.15. The summed E-state index contributed by atoms with van der Waals surface area (Å²) in [6, 6.07) is 0. The van der Waals surface area contributed by atoms with E-state index < -0.39 is 0 Å². The van der Waals surface area contributed by atoms with Crippen LogP contribution in [-0.2, 0) is 5.54 Å². The summed E-state index contributed by atoms with van der Waals surface area (Å²) in [6.07, 6.45) is 6.33. The third-order valence-corrected chi connectivity index (χ3v) is 4.42. The summed E-state index contributed by atoms with van der Waals surface area (Å²) in [5, 5.41) is 0. The Kier molecular flexibility index (Phi) is 2.29. The van der Waals surface area contributed by atoms with Crippen LogP contribution in [-0.4, -0.2) is 16.5 Å². The third kappa shape index (κ3) is 1.81. The monoisotopic (exact) mass is 224 g/mol. The van der Waals surface area contributed by atoms with Crippen LogP contribution in [0.5, 0.6) is 0 Å². The van der Waals surface area contributed by atoms with E-state index in [-0.39, 0.29) is 5.54 Å². The van der Waals surface area contributed by atoms with Crippen LogP contribution in [0.15, 0.2) is 10.7 Å². The molecule has 3 nitrogen and oxygen atoms in total. The van der Waals surface area contributed by atoms with E-state index in [4.69, 9.17) is 10.2 Å². The van der Waals surface area contributed by atoms with E-state index in [0.717, 1.165) is 24.4 Å². The Morgan fingerprint density at radius 1 is 1.40 bits per heavy atom. The summed E-state index contributed by atoms with van der Waals surface area (Å²) in [7, 11) is 0. The van der Waals surface area contributed by atoms with Gasteiger partial charge >= 0.3 is 0 Å². The predicted molar refractivity (Wildman–Crippen MR) is 60.9 cm³/mol. The molecule has 2 fully saturated rings. The maximum Gasteiger partial charge on any atom is 0.214 e. The number of rotatable bonds is 2. The van der Waals surface area contributed by atoms with Crippen LogP contribution in [0.2, 0.25) is 0 Å². The van der Waals surface area contributed by atoms with Crippen molar-refractivity contribution in [2.45, 2.75) is 37.1 Å². The van der Waals surface area contributed by atoms with Crippen LogP contribution in [0.1, 0.15) is 43.2 Å². The Hall–Kier alpha value is -0.480. The molecule has 1 saturated heterocycles. The number of hydrogen-bond acceptors (Lipinski definition) is 4. The first-order chi connectivity index (χ1) is 7.28. The van der Waals surface area contributed by atoms with E-state index in [0.29, 0.717) is 5.92 Å². The van der Waals surface area contributed by atoms with Crippen molar-refractivity contribution in [3.8, 4) is 0 Å². The van der Waals surface area contributed by atoms with Crippen LogP contribution in [0.25, 0.3) is 0 Å². The molecule has 0 bridgehead atoms. The molecule has 2 heterocycles. The summed E-state index contributed by atoms with van der Waals surface area (Å²) < 4.78 is 5.50. The Balaban J connectivity index is 1.77. The second kappa shape index (κ2) is 3.52. The minimum atomic E-state index is -0.221. The highest BCUT2D eigenvalue weighted by molar-refractivity contribution is 7.99. The van der Waals surface area contributed by atoms with Crippen molar-refractivity contribution in [2.75, 3.05) is 11.5 Å². The van der Waals surface area contributed by atoms with E-state index >= 15 is 0 Å². The molecule has 0 spiro atoms. The molecular formula is C11H16N2OS. The van der Waals surface area contributed by atoms with E-state index in [1.54, 1.807) is 0 Å². The number of nitrogens with two attached hydrogens (primary N) is 1. The molecule has 0 aromatic carbocycles. The fourth-order valence-electron chi connectivity index (χ4n) is 2.04. The first-order valence-corrected chi connectivity index (χ1v) is 6.76. The molecule has 1 aliphatic heterocycles. The molecule has 1 saturated carbocycles. The zero-order valence-corrected chi connectivity index (χ0v) is 9.55. The molecule has 0 unspecified atom stereocenters. The Labute approximate surface area is 93.8 Å². The molecule has 1 aromatic rings. The summed E-state index contributed by atoms with van der Waals surface area (Å²) in [5.41, 5.74) is 6.96. The maximum absolute atomic E-state index is 6.05. The predicted octanol–water partition coefficient (Wildman–Crippen LogP) is 2.23. The second-order valence-electron chi connectivity index (χ2n) is 4.62.